The minimum atomic E-state index is -0.365. The van der Waals surface area contributed by atoms with Crippen LogP contribution in [-0.4, -0.2) is 25.3 Å². The van der Waals surface area contributed by atoms with Crippen LogP contribution in [0.3, 0.4) is 0 Å². The van der Waals surface area contributed by atoms with Gasteiger partial charge in [0.25, 0.3) is 0 Å². The van der Waals surface area contributed by atoms with Gasteiger partial charge in [-0.25, -0.2) is 4.79 Å². The first-order valence-electron chi connectivity index (χ1n) is 4.50. The molecule has 1 saturated heterocycles. The van der Waals surface area contributed by atoms with Crippen LogP contribution in [-0.2, 0) is 9.47 Å². The number of carbonyl (C=O) groups excluding carboxylic acids is 1. The summed E-state index contributed by atoms with van der Waals surface area (Å²) in [5.74, 6) is -0.365. The van der Waals surface area contributed by atoms with Gasteiger partial charge in [-0.1, -0.05) is 15.9 Å². The lowest BCUT2D eigenvalue weighted by atomic mass is 10.2. The maximum atomic E-state index is 11.6. The van der Waals surface area contributed by atoms with Crippen LogP contribution in [0, 0.1) is 0 Å². The van der Waals surface area contributed by atoms with Gasteiger partial charge in [-0.05, 0) is 18.2 Å². The number of benzene rings is 1. The second-order valence-corrected chi connectivity index (χ2v) is 4.25. The van der Waals surface area contributed by atoms with E-state index in [-0.39, 0.29) is 12.1 Å². The zero-order valence-corrected chi connectivity index (χ0v) is 9.49. The van der Waals surface area contributed by atoms with Gasteiger partial charge in [0, 0.05) is 10.2 Å². The lowest BCUT2D eigenvalue weighted by molar-refractivity contribution is -0.103. The van der Waals surface area contributed by atoms with Crippen molar-refractivity contribution in [3.63, 3.8) is 0 Å². The quantitative estimate of drug-likeness (QED) is 0.656. The molecule has 1 aliphatic rings. The Bertz CT molecular complexity index is 370. The Labute approximate surface area is 95.5 Å². The number of nitrogen functional groups attached to an aromatic ring is 1. The Hall–Kier alpha value is -1.07. The summed E-state index contributed by atoms with van der Waals surface area (Å²) in [5, 5.41) is 0. The Morgan fingerprint density at radius 3 is 2.73 bits per heavy atom. The molecule has 0 aliphatic carbocycles. The molecule has 0 spiro atoms. The predicted octanol–water partition coefficient (Wildman–Crippen LogP) is 1.59. The van der Waals surface area contributed by atoms with Gasteiger partial charge in [-0.3, -0.25) is 0 Å². The summed E-state index contributed by atoms with van der Waals surface area (Å²) in [5.41, 5.74) is 6.59. The van der Waals surface area contributed by atoms with Crippen molar-refractivity contribution in [1.82, 2.24) is 0 Å². The van der Waals surface area contributed by atoms with Crippen LogP contribution < -0.4 is 5.73 Å². The molecule has 0 atom stereocenters. The minimum absolute atomic E-state index is 0.113. The Morgan fingerprint density at radius 2 is 2.20 bits per heavy atom. The first-order valence-corrected chi connectivity index (χ1v) is 5.29. The third-order valence-corrected chi connectivity index (χ3v) is 2.49. The summed E-state index contributed by atoms with van der Waals surface area (Å²) in [7, 11) is 0. The smallest absolute Gasteiger partial charge is 0.338 e. The molecule has 0 unspecified atom stereocenters. The molecule has 0 radical (unpaired) electrons. The number of halogens is 1. The fraction of sp³-hybridized carbons (Fsp3) is 0.300. The largest absolute Gasteiger partial charge is 0.454 e. The van der Waals surface area contributed by atoms with Gasteiger partial charge in [-0.2, -0.15) is 0 Å². The van der Waals surface area contributed by atoms with Crippen LogP contribution >= 0.6 is 15.9 Å². The van der Waals surface area contributed by atoms with E-state index in [4.69, 9.17) is 15.2 Å². The Kier molecular flexibility index (Phi) is 2.93. The molecule has 4 nitrogen and oxygen atoms in total. The van der Waals surface area contributed by atoms with Crippen molar-refractivity contribution < 1.29 is 14.3 Å². The maximum absolute atomic E-state index is 11.6. The zero-order valence-electron chi connectivity index (χ0n) is 7.90. The van der Waals surface area contributed by atoms with Gasteiger partial charge >= 0.3 is 5.97 Å². The van der Waals surface area contributed by atoms with E-state index < -0.39 is 0 Å². The van der Waals surface area contributed by atoms with Crippen molar-refractivity contribution in [2.75, 3.05) is 18.9 Å². The van der Waals surface area contributed by atoms with Gasteiger partial charge in [0.15, 0.2) is 0 Å². The number of ether oxygens (including phenoxy) is 2. The van der Waals surface area contributed by atoms with Crippen LogP contribution in [0.2, 0.25) is 0 Å². The molecule has 0 aromatic heterocycles. The molecule has 1 heterocycles. The van der Waals surface area contributed by atoms with Crippen LogP contribution in [0.5, 0.6) is 0 Å². The number of hydrogen-bond donors (Lipinski definition) is 1. The van der Waals surface area contributed by atoms with Gasteiger partial charge in [-0.15, -0.1) is 0 Å². The van der Waals surface area contributed by atoms with Crippen LogP contribution in [0.15, 0.2) is 22.7 Å². The molecule has 5 heteroatoms. The highest BCUT2D eigenvalue weighted by Crippen LogP contribution is 2.19. The zero-order chi connectivity index (χ0) is 10.8. The average molecular weight is 272 g/mol. The van der Waals surface area contributed by atoms with Crippen molar-refractivity contribution >= 4 is 27.6 Å². The van der Waals surface area contributed by atoms with Crippen LogP contribution in [0.4, 0.5) is 5.69 Å². The second kappa shape index (κ2) is 4.20. The highest BCUT2D eigenvalue weighted by Gasteiger charge is 2.23. The lowest BCUT2D eigenvalue weighted by Crippen LogP contribution is -2.37. The van der Waals surface area contributed by atoms with E-state index in [1.165, 1.54) is 0 Å². The summed E-state index contributed by atoms with van der Waals surface area (Å²) < 4.78 is 10.8. The molecular weight excluding hydrogens is 262 g/mol. The summed E-state index contributed by atoms with van der Waals surface area (Å²) in [6.07, 6.45) is -0.113. The van der Waals surface area contributed by atoms with E-state index in [9.17, 15) is 4.79 Å². The highest BCUT2D eigenvalue weighted by atomic mass is 79.9. The molecule has 0 amide bonds. The average Bonchev–Trinajstić information content (AvgIpc) is 2.09. The highest BCUT2D eigenvalue weighted by molar-refractivity contribution is 9.10. The van der Waals surface area contributed by atoms with Crippen molar-refractivity contribution in [3.8, 4) is 0 Å². The second-order valence-electron chi connectivity index (χ2n) is 3.34. The van der Waals surface area contributed by atoms with Crippen LogP contribution in [0.25, 0.3) is 0 Å². The van der Waals surface area contributed by atoms with Gasteiger partial charge in [0.1, 0.15) is 6.10 Å². The first kappa shape index (κ1) is 10.4. The van der Waals surface area contributed by atoms with E-state index >= 15 is 0 Å². The minimum Gasteiger partial charge on any atom is -0.454 e. The third kappa shape index (κ3) is 2.49. The third-order valence-electron chi connectivity index (χ3n) is 2.04. The number of anilines is 1. The van der Waals surface area contributed by atoms with E-state index in [0.29, 0.717) is 24.5 Å². The van der Waals surface area contributed by atoms with Crippen molar-refractivity contribution in [1.29, 1.82) is 0 Å². The number of hydrogen-bond acceptors (Lipinski definition) is 4. The molecule has 2 N–H and O–H groups in total. The molecule has 1 aromatic rings. The van der Waals surface area contributed by atoms with Crippen molar-refractivity contribution in [2.24, 2.45) is 0 Å². The van der Waals surface area contributed by atoms with Gasteiger partial charge < -0.3 is 15.2 Å². The van der Waals surface area contributed by atoms with E-state index in [0.717, 1.165) is 4.47 Å². The van der Waals surface area contributed by atoms with Crippen LogP contribution in [0.1, 0.15) is 10.4 Å². The monoisotopic (exact) mass is 271 g/mol. The standard InChI is InChI=1S/C10H10BrNO3/c11-7-1-6(2-8(12)3-7)10(13)15-9-4-14-5-9/h1-3,9H,4-5,12H2. The number of nitrogens with two attached hydrogens (primary N) is 1. The molecule has 0 saturated carbocycles. The fourth-order valence-electron chi connectivity index (χ4n) is 1.23. The SMILES string of the molecule is Nc1cc(Br)cc(C(=O)OC2COC2)c1. The molecule has 1 fully saturated rings. The summed E-state index contributed by atoms with van der Waals surface area (Å²) >= 11 is 3.27. The molecule has 80 valence electrons. The summed E-state index contributed by atoms with van der Waals surface area (Å²) in [6, 6.07) is 4.99. The first-order chi connectivity index (χ1) is 7.15. The number of esters is 1. The summed E-state index contributed by atoms with van der Waals surface area (Å²) in [4.78, 5) is 11.6. The van der Waals surface area contributed by atoms with Crippen molar-refractivity contribution in [2.45, 2.75) is 6.10 Å². The topological polar surface area (TPSA) is 61.6 Å². The Balaban J connectivity index is 2.10. The summed E-state index contributed by atoms with van der Waals surface area (Å²) in [6.45, 7) is 0.963. The molecule has 1 aromatic carbocycles. The normalized spacial score (nSPS) is 15.8. The van der Waals surface area contributed by atoms with Gasteiger partial charge in [0.2, 0.25) is 0 Å². The van der Waals surface area contributed by atoms with E-state index in [1.54, 1.807) is 18.2 Å². The molecule has 15 heavy (non-hydrogen) atoms. The van der Waals surface area contributed by atoms with Crippen molar-refractivity contribution in [3.05, 3.63) is 28.2 Å². The number of carbonyl (C=O) groups is 1. The molecular formula is C10H10BrNO3. The molecule has 0 bridgehead atoms. The van der Waals surface area contributed by atoms with E-state index in [1.807, 2.05) is 0 Å². The fourth-order valence-corrected chi connectivity index (χ4v) is 1.74. The number of rotatable bonds is 2. The lowest BCUT2D eigenvalue weighted by Gasteiger charge is -2.25. The maximum Gasteiger partial charge on any atom is 0.338 e. The molecule has 1 aliphatic heterocycles. The van der Waals surface area contributed by atoms with E-state index in [2.05, 4.69) is 15.9 Å². The predicted molar refractivity (Wildman–Crippen MR) is 58.6 cm³/mol. The van der Waals surface area contributed by atoms with Gasteiger partial charge in [0.05, 0.1) is 18.8 Å². The molecule has 2 rings (SSSR count). The Morgan fingerprint density at radius 1 is 1.47 bits per heavy atom.